The SMILES string of the molecule is CC/C=C\C/C=C\C/C=C\C/C=C\C/C=C\CCCC(=O)NCCNC(=O)CCNC(=O)c1cccnc1. The van der Waals surface area contributed by atoms with E-state index in [9.17, 15) is 14.4 Å². The van der Waals surface area contributed by atoms with Crippen molar-refractivity contribution < 1.29 is 14.4 Å². The predicted octanol–water partition coefficient (Wildman–Crippen LogP) is 5.36. The highest BCUT2D eigenvalue weighted by molar-refractivity contribution is 5.94. The topological polar surface area (TPSA) is 100 Å². The monoisotopic (exact) mass is 520 g/mol. The molecule has 0 saturated carbocycles. The lowest BCUT2D eigenvalue weighted by molar-refractivity contribution is -0.122. The van der Waals surface area contributed by atoms with Gasteiger partial charge in [-0.1, -0.05) is 67.7 Å². The van der Waals surface area contributed by atoms with Gasteiger partial charge in [-0.25, -0.2) is 0 Å². The summed E-state index contributed by atoms with van der Waals surface area (Å²) in [6.07, 6.45) is 32.0. The summed E-state index contributed by atoms with van der Waals surface area (Å²) in [6.45, 7) is 3.12. The maximum Gasteiger partial charge on any atom is 0.252 e. The lowest BCUT2D eigenvalue weighted by Crippen LogP contribution is -2.36. The van der Waals surface area contributed by atoms with Crippen LogP contribution in [-0.2, 0) is 9.59 Å². The molecule has 0 aliphatic heterocycles. The lowest BCUT2D eigenvalue weighted by atomic mass is 10.2. The quantitative estimate of drug-likeness (QED) is 0.159. The van der Waals surface area contributed by atoms with Crippen molar-refractivity contribution in [3.63, 3.8) is 0 Å². The number of hydrogen-bond donors (Lipinski definition) is 3. The zero-order valence-electron chi connectivity index (χ0n) is 22.7. The van der Waals surface area contributed by atoms with E-state index in [1.807, 2.05) is 0 Å². The maximum atomic E-state index is 11.9. The fourth-order valence-corrected chi connectivity index (χ4v) is 3.22. The zero-order valence-corrected chi connectivity index (χ0v) is 22.7. The van der Waals surface area contributed by atoms with Crippen LogP contribution in [0.15, 0.2) is 85.3 Å². The first-order chi connectivity index (χ1) is 18.6. The summed E-state index contributed by atoms with van der Waals surface area (Å²) >= 11 is 0. The molecule has 206 valence electrons. The number of allylic oxidation sites excluding steroid dienone is 10. The van der Waals surface area contributed by atoms with Crippen molar-refractivity contribution in [2.45, 2.75) is 64.7 Å². The van der Waals surface area contributed by atoms with Crippen LogP contribution in [0.4, 0.5) is 0 Å². The smallest absolute Gasteiger partial charge is 0.252 e. The number of hydrogen-bond acceptors (Lipinski definition) is 4. The van der Waals surface area contributed by atoms with E-state index in [1.54, 1.807) is 18.3 Å². The Morgan fingerprint density at radius 1 is 0.711 bits per heavy atom. The van der Waals surface area contributed by atoms with E-state index in [-0.39, 0.29) is 30.7 Å². The molecular weight excluding hydrogens is 476 g/mol. The van der Waals surface area contributed by atoms with E-state index in [2.05, 4.69) is 88.6 Å². The minimum Gasteiger partial charge on any atom is -0.354 e. The average Bonchev–Trinajstić information content (AvgIpc) is 2.93. The molecule has 1 aromatic rings. The van der Waals surface area contributed by atoms with E-state index in [1.165, 1.54) is 6.20 Å². The van der Waals surface area contributed by atoms with Crippen LogP contribution in [0.1, 0.15) is 75.1 Å². The largest absolute Gasteiger partial charge is 0.354 e. The Labute approximate surface area is 228 Å². The Bertz CT molecular complexity index is 934. The molecule has 0 saturated heterocycles. The van der Waals surface area contributed by atoms with Crippen molar-refractivity contribution in [1.29, 1.82) is 0 Å². The summed E-state index contributed by atoms with van der Waals surface area (Å²) in [5, 5.41) is 8.22. The van der Waals surface area contributed by atoms with Gasteiger partial charge in [0.15, 0.2) is 0 Å². The number of pyridine rings is 1. The highest BCUT2D eigenvalue weighted by atomic mass is 16.2. The van der Waals surface area contributed by atoms with Crippen LogP contribution in [0.3, 0.4) is 0 Å². The summed E-state index contributed by atoms with van der Waals surface area (Å²) in [6, 6.07) is 3.34. The molecule has 0 aliphatic carbocycles. The Balaban J connectivity index is 1.94. The van der Waals surface area contributed by atoms with Gasteiger partial charge in [0, 0.05) is 44.9 Å². The molecule has 3 amide bonds. The second-order valence-electron chi connectivity index (χ2n) is 8.55. The molecule has 38 heavy (non-hydrogen) atoms. The molecule has 0 fully saturated rings. The average molecular weight is 521 g/mol. The molecule has 7 nitrogen and oxygen atoms in total. The normalized spacial score (nSPS) is 11.8. The van der Waals surface area contributed by atoms with E-state index >= 15 is 0 Å². The zero-order chi connectivity index (χ0) is 27.5. The molecule has 0 spiro atoms. The number of nitrogens with one attached hydrogen (secondary N) is 3. The number of aromatic nitrogens is 1. The number of nitrogens with zero attached hydrogens (tertiary/aromatic N) is 1. The summed E-state index contributed by atoms with van der Waals surface area (Å²) in [4.78, 5) is 39.5. The standard InChI is InChI=1S/C31H44N4O3/c1-2-3-4-5-6-7-8-9-10-11-12-13-14-15-16-17-18-21-29(36)33-25-26-34-30(37)22-24-35-31(38)28-20-19-23-32-27-28/h3-4,6-7,9-10,12-13,15-16,19-20,23,27H,2,5,8,11,14,17-18,21-22,24-26H2,1H3,(H,33,36)(H,34,37)(H,35,38)/b4-3-,7-6-,10-9-,13-12-,16-15-. The van der Waals surface area contributed by atoms with Crippen molar-refractivity contribution in [3.05, 3.63) is 90.9 Å². The van der Waals surface area contributed by atoms with Crippen LogP contribution >= 0.6 is 0 Å². The van der Waals surface area contributed by atoms with Crippen molar-refractivity contribution in [3.8, 4) is 0 Å². The van der Waals surface area contributed by atoms with E-state index in [0.717, 1.165) is 44.9 Å². The third kappa shape index (κ3) is 19.4. The van der Waals surface area contributed by atoms with Crippen LogP contribution in [0.2, 0.25) is 0 Å². The molecule has 0 radical (unpaired) electrons. The second-order valence-corrected chi connectivity index (χ2v) is 8.55. The van der Waals surface area contributed by atoms with Crippen LogP contribution in [0.5, 0.6) is 0 Å². The van der Waals surface area contributed by atoms with Gasteiger partial charge in [0.1, 0.15) is 0 Å². The van der Waals surface area contributed by atoms with Gasteiger partial charge >= 0.3 is 0 Å². The van der Waals surface area contributed by atoms with Gasteiger partial charge in [0.2, 0.25) is 11.8 Å². The fraction of sp³-hybridized carbons (Fsp3) is 0.419. The van der Waals surface area contributed by atoms with Gasteiger partial charge in [-0.3, -0.25) is 19.4 Å². The van der Waals surface area contributed by atoms with E-state index in [0.29, 0.717) is 25.1 Å². The molecule has 0 atom stereocenters. The summed E-state index contributed by atoms with van der Waals surface area (Å²) in [5.41, 5.74) is 0.456. The third-order valence-electron chi connectivity index (χ3n) is 5.26. The molecule has 0 bridgehead atoms. The summed E-state index contributed by atoms with van der Waals surface area (Å²) in [5.74, 6) is -0.456. The molecule has 0 aliphatic rings. The minimum atomic E-state index is -0.261. The van der Waals surface area contributed by atoms with Crippen molar-refractivity contribution >= 4 is 17.7 Å². The first-order valence-corrected chi connectivity index (χ1v) is 13.6. The molecule has 0 unspecified atom stereocenters. The second kappa shape index (κ2) is 23.6. The van der Waals surface area contributed by atoms with Gasteiger partial charge in [0.05, 0.1) is 5.56 Å². The minimum absolute atomic E-state index is 0.0182. The highest BCUT2D eigenvalue weighted by Gasteiger charge is 2.06. The van der Waals surface area contributed by atoms with Gasteiger partial charge < -0.3 is 16.0 Å². The number of unbranched alkanes of at least 4 members (excludes halogenated alkanes) is 1. The predicted molar refractivity (Wildman–Crippen MR) is 156 cm³/mol. The van der Waals surface area contributed by atoms with Crippen molar-refractivity contribution in [2.24, 2.45) is 0 Å². The number of amides is 3. The first kappa shape index (κ1) is 32.3. The van der Waals surface area contributed by atoms with Crippen LogP contribution in [-0.4, -0.2) is 42.3 Å². The van der Waals surface area contributed by atoms with Crippen LogP contribution in [0, 0.1) is 0 Å². The molecule has 0 aromatic carbocycles. The highest BCUT2D eigenvalue weighted by Crippen LogP contribution is 1.99. The van der Waals surface area contributed by atoms with Gasteiger partial charge in [0.25, 0.3) is 5.91 Å². The molecule has 1 aromatic heterocycles. The molecular formula is C31H44N4O3. The Morgan fingerprint density at radius 3 is 1.82 bits per heavy atom. The van der Waals surface area contributed by atoms with E-state index < -0.39 is 0 Å². The number of carbonyl (C=O) groups is 3. The van der Waals surface area contributed by atoms with Crippen LogP contribution in [0.25, 0.3) is 0 Å². The first-order valence-electron chi connectivity index (χ1n) is 13.6. The van der Waals surface area contributed by atoms with Crippen LogP contribution < -0.4 is 16.0 Å². The Morgan fingerprint density at radius 2 is 1.26 bits per heavy atom. The summed E-state index contributed by atoms with van der Waals surface area (Å²) < 4.78 is 0. The third-order valence-corrected chi connectivity index (χ3v) is 5.26. The molecule has 7 heteroatoms. The number of carbonyl (C=O) groups excluding carboxylic acids is 3. The Hall–Kier alpha value is -3.74. The van der Waals surface area contributed by atoms with Gasteiger partial charge in [-0.05, 0) is 57.1 Å². The van der Waals surface area contributed by atoms with Gasteiger partial charge in [-0.2, -0.15) is 0 Å². The Kier molecular flexibility index (Phi) is 20.1. The molecule has 1 heterocycles. The lowest BCUT2D eigenvalue weighted by Gasteiger charge is -2.08. The number of rotatable bonds is 20. The molecule has 1 rings (SSSR count). The fourth-order valence-electron chi connectivity index (χ4n) is 3.22. The van der Waals surface area contributed by atoms with Gasteiger partial charge in [-0.15, -0.1) is 0 Å². The van der Waals surface area contributed by atoms with E-state index in [4.69, 9.17) is 0 Å². The van der Waals surface area contributed by atoms with Crippen molar-refractivity contribution in [1.82, 2.24) is 20.9 Å². The maximum absolute atomic E-state index is 11.9. The summed E-state index contributed by atoms with van der Waals surface area (Å²) in [7, 11) is 0. The molecule has 3 N–H and O–H groups in total. The van der Waals surface area contributed by atoms with Crippen molar-refractivity contribution in [2.75, 3.05) is 19.6 Å².